The van der Waals surface area contributed by atoms with E-state index in [1.165, 1.54) is 12.8 Å². The fraction of sp³-hybridized carbons (Fsp3) is 0.636. The van der Waals surface area contributed by atoms with Crippen molar-refractivity contribution >= 4 is 11.8 Å². The minimum absolute atomic E-state index is 0.0303. The molecule has 1 saturated carbocycles. The summed E-state index contributed by atoms with van der Waals surface area (Å²) < 4.78 is 10.6. The van der Waals surface area contributed by atoms with Gasteiger partial charge in [0.2, 0.25) is 5.91 Å². The number of piperazine rings is 1. The maximum Gasteiger partial charge on any atom is 0.254 e. The van der Waals surface area contributed by atoms with Gasteiger partial charge < -0.3 is 19.7 Å². The summed E-state index contributed by atoms with van der Waals surface area (Å²) in [6, 6.07) is 5.17. The quantitative estimate of drug-likeness (QED) is 0.755. The van der Waals surface area contributed by atoms with Crippen LogP contribution in [0.5, 0.6) is 11.5 Å². The molecule has 1 saturated heterocycles. The van der Waals surface area contributed by atoms with Gasteiger partial charge in [-0.3, -0.25) is 14.5 Å². The van der Waals surface area contributed by atoms with Crippen molar-refractivity contribution in [1.29, 1.82) is 0 Å². The standard InChI is InChI=1S/C22H33N3O4/c1-4-23-21(26)20(16-7-5-6-8-16)24-9-11-25(12-10-24)22(27)17-13-18(28-2)15-19(14-17)29-3/h13-16,20H,4-12H2,1-3H3,(H,23,26)/t20-/m0/s1. The molecule has 2 fully saturated rings. The minimum Gasteiger partial charge on any atom is -0.497 e. The van der Waals surface area contributed by atoms with Gasteiger partial charge in [-0.05, 0) is 37.8 Å². The van der Waals surface area contributed by atoms with Crippen LogP contribution in [-0.4, -0.2) is 74.6 Å². The third-order valence-electron chi connectivity index (χ3n) is 6.06. The molecule has 1 aromatic rings. The second-order valence-corrected chi connectivity index (χ2v) is 7.81. The monoisotopic (exact) mass is 403 g/mol. The highest BCUT2D eigenvalue weighted by Gasteiger charge is 2.37. The van der Waals surface area contributed by atoms with Gasteiger partial charge in [-0.2, -0.15) is 0 Å². The van der Waals surface area contributed by atoms with E-state index in [9.17, 15) is 9.59 Å². The van der Waals surface area contributed by atoms with Gasteiger partial charge in [-0.1, -0.05) is 12.8 Å². The van der Waals surface area contributed by atoms with Gasteiger partial charge in [-0.15, -0.1) is 0 Å². The summed E-state index contributed by atoms with van der Waals surface area (Å²) in [6.45, 7) is 5.26. The van der Waals surface area contributed by atoms with Crippen LogP contribution in [0, 0.1) is 5.92 Å². The van der Waals surface area contributed by atoms with E-state index in [4.69, 9.17) is 9.47 Å². The lowest BCUT2D eigenvalue weighted by Crippen LogP contribution is -2.58. The van der Waals surface area contributed by atoms with E-state index < -0.39 is 0 Å². The lowest BCUT2D eigenvalue weighted by molar-refractivity contribution is -0.129. The number of amides is 2. The SMILES string of the molecule is CCNC(=O)[C@H](C1CCCC1)N1CCN(C(=O)c2cc(OC)cc(OC)c2)CC1. The number of benzene rings is 1. The summed E-state index contributed by atoms with van der Waals surface area (Å²) in [7, 11) is 3.15. The number of hydrogen-bond donors (Lipinski definition) is 1. The van der Waals surface area contributed by atoms with Crippen molar-refractivity contribution in [2.75, 3.05) is 46.9 Å². The molecule has 0 radical (unpaired) electrons. The Labute approximate surface area is 173 Å². The van der Waals surface area contributed by atoms with E-state index in [1.54, 1.807) is 32.4 Å². The Balaban J connectivity index is 1.67. The molecule has 1 aliphatic carbocycles. The topological polar surface area (TPSA) is 71.1 Å². The van der Waals surface area contributed by atoms with Crippen LogP contribution in [0.3, 0.4) is 0 Å². The van der Waals surface area contributed by atoms with Crippen LogP contribution in [0.1, 0.15) is 43.0 Å². The maximum absolute atomic E-state index is 13.0. The van der Waals surface area contributed by atoms with Gasteiger partial charge in [-0.25, -0.2) is 0 Å². The van der Waals surface area contributed by atoms with Crippen molar-refractivity contribution in [1.82, 2.24) is 15.1 Å². The zero-order chi connectivity index (χ0) is 20.8. The number of nitrogens with zero attached hydrogens (tertiary/aromatic N) is 2. The van der Waals surface area contributed by atoms with Crippen LogP contribution in [0.2, 0.25) is 0 Å². The molecule has 1 atom stereocenters. The molecule has 1 heterocycles. The number of ether oxygens (including phenoxy) is 2. The van der Waals surface area contributed by atoms with Crippen LogP contribution in [-0.2, 0) is 4.79 Å². The summed E-state index contributed by atoms with van der Waals surface area (Å²) in [6.07, 6.45) is 4.64. The minimum atomic E-state index is -0.0772. The molecule has 0 bridgehead atoms. The van der Waals surface area contributed by atoms with Gasteiger partial charge in [0.25, 0.3) is 5.91 Å². The highest BCUT2D eigenvalue weighted by Crippen LogP contribution is 2.31. The predicted octanol–water partition coefficient (Wildman–Crippen LogP) is 2.16. The molecule has 2 amide bonds. The molecule has 3 rings (SSSR count). The third kappa shape index (κ3) is 5.01. The average molecular weight is 404 g/mol. The average Bonchev–Trinajstić information content (AvgIpc) is 3.28. The first-order valence-corrected chi connectivity index (χ1v) is 10.6. The molecular formula is C22H33N3O4. The van der Waals surface area contributed by atoms with Crippen molar-refractivity contribution in [2.45, 2.75) is 38.6 Å². The Morgan fingerprint density at radius 2 is 1.62 bits per heavy atom. The van der Waals surface area contributed by atoms with E-state index in [0.717, 1.165) is 12.8 Å². The van der Waals surface area contributed by atoms with Gasteiger partial charge in [0.15, 0.2) is 0 Å². The summed E-state index contributed by atoms with van der Waals surface area (Å²) in [5.74, 6) is 1.73. The molecule has 0 aromatic heterocycles. The molecular weight excluding hydrogens is 370 g/mol. The highest BCUT2D eigenvalue weighted by atomic mass is 16.5. The molecule has 1 aliphatic heterocycles. The maximum atomic E-state index is 13.0. The van der Waals surface area contributed by atoms with Crippen LogP contribution >= 0.6 is 0 Å². The van der Waals surface area contributed by atoms with Crippen molar-refractivity contribution in [3.05, 3.63) is 23.8 Å². The van der Waals surface area contributed by atoms with E-state index in [0.29, 0.717) is 55.7 Å². The Kier molecular flexibility index (Phi) is 7.36. The largest absolute Gasteiger partial charge is 0.497 e. The fourth-order valence-corrected chi connectivity index (χ4v) is 4.55. The molecule has 7 heteroatoms. The van der Waals surface area contributed by atoms with Crippen LogP contribution in [0.15, 0.2) is 18.2 Å². The molecule has 0 unspecified atom stereocenters. The van der Waals surface area contributed by atoms with E-state index in [-0.39, 0.29) is 17.9 Å². The molecule has 29 heavy (non-hydrogen) atoms. The number of likely N-dealkylation sites (N-methyl/N-ethyl adjacent to an activating group) is 1. The van der Waals surface area contributed by atoms with Crippen molar-refractivity contribution in [2.24, 2.45) is 5.92 Å². The molecule has 7 nitrogen and oxygen atoms in total. The predicted molar refractivity (Wildman–Crippen MR) is 111 cm³/mol. The van der Waals surface area contributed by atoms with Crippen molar-refractivity contribution in [3.8, 4) is 11.5 Å². The highest BCUT2D eigenvalue weighted by molar-refractivity contribution is 5.95. The first-order valence-electron chi connectivity index (χ1n) is 10.6. The second kappa shape index (κ2) is 9.96. The molecule has 0 spiro atoms. The second-order valence-electron chi connectivity index (χ2n) is 7.81. The Morgan fingerprint density at radius 3 is 2.14 bits per heavy atom. The molecule has 1 aromatic carbocycles. The van der Waals surface area contributed by atoms with E-state index >= 15 is 0 Å². The lowest BCUT2D eigenvalue weighted by atomic mass is 9.95. The summed E-state index contributed by atoms with van der Waals surface area (Å²) in [4.78, 5) is 29.9. The van der Waals surface area contributed by atoms with Crippen LogP contribution in [0.25, 0.3) is 0 Å². The van der Waals surface area contributed by atoms with Crippen LogP contribution in [0.4, 0.5) is 0 Å². The number of carbonyl (C=O) groups excluding carboxylic acids is 2. The number of rotatable bonds is 7. The Bertz CT molecular complexity index is 688. The van der Waals surface area contributed by atoms with E-state index in [2.05, 4.69) is 10.2 Å². The first kappa shape index (κ1) is 21.4. The van der Waals surface area contributed by atoms with Crippen LogP contribution < -0.4 is 14.8 Å². The summed E-state index contributed by atoms with van der Waals surface area (Å²) in [5.41, 5.74) is 0.561. The normalized spacial score (nSPS) is 19.1. The van der Waals surface area contributed by atoms with Crippen molar-refractivity contribution in [3.63, 3.8) is 0 Å². The number of nitrogens with one attached hydrogen (secondary N) is 1. The summed E-state index contributed by atoms with van der Waals surface area (Å²) >= 11 is 0. The number of methoxy groups -OCH3 is 2. The first-order chi connectivity index (χ1) is 14.1. The van der Waals surface area contributed by atoms with Gasteiger partial charge in [0.05, 0.1) is 20.3 Å². The van der Waals surface area contributed by atoms with E-state index in [1.807, 2.05) is 11.8 Å². The Hall–Kier alpha value is -2.28. The van der Waals surface area contributed by atoms with Crippen molar-refractivity contribution < 1.29 is 19.1 Å². The van der Waals surface area contributed by atoms with Gasteiger partial charge >= 0.3 is 0 Å². The molecule has 2 aliphatic rings. The molecule has 1 N–H and O–H groups in total. The number of carbonyl (C=O) groups is 2. The van der Waals surface area contributed by atoms with Gasteiger partial charge in [0.1, 0.15) is 11.5 Å². The zero-order valence-corrected chi connectivity index (χ0v) is 17.8. The lowest BCUT2D eigenvalue weighted by Gasteiger charge is -2.40. The zero-order valence-electron chi connectivity index (χ0n) is 17.8. The fourth-order valence-electron chi connectivity index (χ4n) is 4.55. The number of hydrogen-bond acceptors (Lipinski definition) is 5. The third-order valence-corrected chi connectivity index (χ3v) is 6.06. The summed E-state index contributed by atoms with van der Waals surface area (Å²) in [5, 5.41) is 3.02. The molecule has 160 valence electrons. The van der Waals surface area contributed by atoms with Gasteiger partial charge in [0, 0.05) is 44.4 Å². The smallest absolute Gasteiger partial charge is 0.254 e. The Morgan fingerprint density at radius 1 is 1.03 bits per heavy atom.